The molecule has 0 unspecified atom stereocenters. The Kier molecular flexibility index (Phi) is 3.97. The number of anilines is 2. The number of nitrogens with one attached hydrogen (secondary N) is 1. The van der Waals surface area contributed by atoms with E-state index in [1.54, 1.807) is 38.5 Å². The van der Waals surface area contributed by atoms with Crippen molar-refractivity contribution in [3.63, 3.8) is 0 Å². The van der Waals surface area contributed by atoms with Crippen LogP contribution in [0.2, 0.25) is 5.02 Å². The summed E-state index contributed by atoms with van der Waals surface area (Å²) in [5, 5.41) is 3.25. The average Bonchev–Trinajstić information content (AvgIpc) is 2.46. The van der Waals surface area contributed by atoms with Crippen LogP contribution < -0.4 is 10.2 Å². The minimum atomic E-state index is -0.212. The molecule has 0 aromatic carbocycles. The number of hydrogen-bond donors (Lipinski definition) is 1. The maximum absolute atomic E-state index is 12.3. The molecule has 1 amide bonds. The summed E-state index contributed by atoms with van der Waals surface area (Å²) in [6, 6.07) is 6.96. The van der Waals surface area contributed by atoms with Gasteiger partial charge in [0.25, 0.3) is 5.91 Å². The number of nitrogens with zero attached hydrogens (tertiary/aromatic N) is 3. The van der Waals surface area contributed by atoms with E-state index in [1.165, 1.54) is 11.1 Å². The smallest absolute Gasteiger partial charge is 0.260 e. The average molecular weight is 277 g/mol. The second-order valence-electron chi connectivity index (χ2n) is 3.86. The molecule has 0 fully saturated rings. The fraction of sp³-hybridized carbons (Fsp3) is 0.154. The van der Waals surface area contributed by atoms with Crippen LogP contribution in [0.4, 0.5) is 11.6 Å². The SMILES string of the molecule is CNc1ncc(C(=O)N(C)c2ccccn2)cc1Cl. The van der Waals surface area contributed by atoms with Crippen molar-refractivity contribution in [2.24, 2.45) is 0 Å². The van der Waals surface area contributed by atoms with E-state index in [4.69, 9.17) is 11.6 Å². The quantitative estimate of drug-likeness (QED) is 0.935. The zero-order chi connectivity index (χ0) is 13.8. The first kappa shape index (κ1) is 13.3. The van der Waals surface area contributed by atoms with Crippen LogP contribution >= 0.6 is 11.6 Å². The lowest BCUT2D eigenvalue weighted by Gasteiger charge is -2.16. The number of rotatable bonds is 3. The van der Waals surface area contributed by atoms with E-state index in [1.807, 2.05) is 6.07 Å². The van der Waals surface area contributed by atoms with Crippen molar-refractivity contribution in [3.05, 3.63) is 47.2 Å². The lowest BCUT2D eigenvalue weighted by molar-refractivity contribution is 0.0992. The highest BCUT2D eigenvalue weighted by atomic mass is 35.5. The summed E-state index contributed by atoms with van der Waals surface area (Å²) in [7, 11) is 3.38. The molecule has 0 saturated carbocycles. The third-order valence-electron chi connectivity index (χ3n) is 2.62. The maximum Gasteiger partial charge on any atom is 0.260 e. The predicted molar refractivity (Wildman–Crippen MR) is 75.8 cm³/mol. The Hall–Kier alpha value is -2.14. The molecule has 0 bridgehead atoms. The van der Waals surface area contributed by atoms with E-state index in [0.29, 0.717) is 22.2 Å². The van der Waals surface area contributed by atoms with Crippen molar-refractivity contribution in [2.45, 2.75) is 0 Å². The maximum atomic E-state index is 12.3. The first-order valence-electron chi connectivity index (χ1n) is 5.66. The van der Waals surface area contributed by atoms with Crippen LogP contribution in [0, 0.1) is 0 Å². The molecule has 0 saturated heterocycles. The molecule has 0 atom stereocenters. The van der Waals surface area contributed by atoms with Crippen LogP contribution in [0.1, 0.15) is 10.4 Å². The van der Waals surface area contributed by atoms with Crippen molar-refractivity contribution < 1.29 is 4.79 Å². The van der Waals surface area contributed by atoms with Gasteiger partial charge in [-0.15, -0.1) is 0 Å². The first-order chi connectivity index (χ1) is 9.13. The summed E-state index contributed by atoms with van der Waals surface area (Å²) in [6.45, 7) is 0. The first-order valence-corrected chi connectivity index (χ1v) is 6.03. The number of carbonyl (C=O) groups is 1. The van der Waals surface area contributed by atoms with Gasteiger partial charge in [-0.25, -0.2) is 9.97 Å². The summed E-state index contributed by atoms with van der Waals surface area (Å²) in [5.41, 5.74) is 0.414. The summed E-state index contributed by atoms with van der Waals surface area (Å²) in [4.78, 5) is 21.9. The molecule has 5 nitrogen and oxygen atoms in total. The minimum Gasteiger partial charge on any atom is -0.372 e. The van der Waals surface area contributed by atoms with Gasteiger partial charge in [-0.1, -0.05) is 17.7 Å². The van der Waals surface area contributed by atoms with E-state index in [2.05, 4.69) is 15.3 Å². The number of amides is 1. The lowest BCUT2D eigenvalue weighted by atomic mass is 10.2. The number of halogens is 1. The Labute approximate surface area is 116 Å². The van der Waals surface area contributed by atoms with E-state index in [-0.39, 0.29) is 5.91 Å². The van der Waals surface area contributed by atoms with Crippen molar-refractivity contribution in [2.75, 3.05) is 24.3 Å². The van der Waals surface area contributed by atoms with Gasteiger partial charge in [0.05, 0.1) is 10.6 Å². The zero-order valence-corrected chi connectivity index (χ0v) is 11.3. The van der Waals surface area contributed by atoms with Crippen molar-refractivity contribution >= 4 is 29.1 Å². The van der Waals surface area contributed by atoms with Gasteiger partial charge in [-0.3, -0.25) is 9.69 Å². The summed E-state index contributed by atoms with van der Waals surface area (Å²) in [5.74, 6) is 0.899. The van der Waals surface area contributed by atoms with Crippen molar-refractivity contribution in [1.82, 2.24) is 9.97 Å². The van der Waals surface area contributed by atoms with Crippen LogP contribution in [0.5, 0.6) is 0 Å². The van der Waals surface area contributed by atoms with Crippen LogP contribution in [-0.2, 0) is 0 Å². The van der Waals surface area contributed by atoms with E-state index < -0.39 is 0 Å². The predicted octanol–water partition coefficient (Wildman–Crippen LogP) is 2.45. The Morgan fingerprint density at radius 1 is 1.37 bits per heavy atom. The van der Waals surface area contributed by atoms with Gasteiger partial charge in [0, 0.05) is 26.5 Å². The summed E-state index contributed by atoms with van der Waals surface area (Å²) >= 11 is 6.01. The standard InChI is InChI=1S/C13H13ClN4O/c1-15-12-10(14)7-9(8-17-12)13(19)18(2)11-5-3-4-6-16-11/h3-8H,1-2H3,(H,15,17). The van der Waals surface area contributed by atoms with Crippen LogP contribution in [0.3, 0.4) is 0 Å². The number of aromatic nitrogens is 2. The zero-order valence-electron chi connectivity index (χ0n) is 10.6. The van der Waals surface area contributed by atoms with Gasteiger partial charge < -0.3 is 5.32 Å². The topological polar surface area (TPSA) is 58.1 Å². The van der Waals surface area contributed by atoms with Crippen molar-refractivity contribution in [1.29, 1.82) is 0 Å². The number of carbonyl (C=O) groups excluding carboxylic acids is 1. The Balaban J connectivity index is 2.27. The molecule has 2 aromatic heterocycles. The Morgan fingerprint density at radius 3 is 2.74 bits per heavy atom. The van der Waals surface area contributed by atoms with E-state index in [0.717, 1.165) is 0 Å². The molecule has 1 N–H and O–H groups in total. The molecule has 0 radical (unpaired) electrons. The van der Waals surface area contributed by atoms with E-state index in [9.17, 15) is 4.79 Å². The molecule has 0 aliphatic carbocycles. The molecular weight excluding hydrogens is 264 g/mol. The highest BCUT2D eigenvalue weighted by Gasteiger charge is 2.16. The fourth-order valence-corrected chi connectivity index (χ4v) is 1.85. The highest BCUT2D eigenvalue weighted by molar-refractivity contribution is 6.33. The molecule has 98 valence electrons. The lowest BCUT2D eigenvalue weighted by Crippen LogP contribution is -2.27. The summed E-state index contributed by atoms with van der Waals surface area (Å²) in [6.07, 6.45) is 3.12. The molecular formula is C13H13ClN4O. The van der Waals surface area contributed by atoms with Crippen LogP contribution in [0.15, 0.2) is 36.7 Å². The second kappa shape index (κ2) is 5.67. The van der Waals surface area contributed by atoms with Gasteiger partial charge >= 0.3 is 0 Å². The Bertz CT molecular complexity index is 588. The molecule has 19 heavy (non-hydrogen) atoms. The Morgan fingerprint density at radius 2 is 2.16 bits per heavy atom. The summed E-state index contributed by atoms with van der Waals surface area (Å²) < 4.78 is 0. The fourth-order valence-electron chi connectivity index (χ4n) is 1.59. The van der Waals surface area contributed by atoms with Gasteiger partial charge in [0.15, 0.2) is 0 Å². The largest absolute Gasteiger partial charge is 0.372 e. The van der Waals surface area contributed by atoms with Crippen LogP contribution in [0.25, 0.3) is 0 Å². The number of pyridine rings is 2. The van der Waals surface area contributed by atoms with Gasteiger partial charge in [0.2, 0.25) is 0 Å². The van der Waals surface area contributed by atoms with Crippen LogP contribution in [-0.4, -0.2) is 30.0 Å². The molecule has 6 heteroatoms. The molecule has 2 aromatic rings. The normalized spacial score (nSPS) is 10.1. The molecule has 2 rings (SSSR count). The third kappa shape index (κ3) is 2.82. The minimum absolute atomic E-state index is 0.212. The number of hydrogen-bond acceptors (Lipinski definition) is 4. The third-order valence-corrected chi connectivity index (χ3v) is 2.91. The van der Waals surface area contributed by atoms with Gasteiger partial charge in [0.1, 0.15) is 11.6 Å². The molecule has 0 spiro atoms. The van der Waals surface area contributed by atoms with Crippen molar-refractivity contribution in [3.8, 4) is 0 Å². The molecule has 0 aliphatic rings. The molecule has 0 aliphatic heterocycles. The van der Waals surface area contributed by atoms with Gasteiger partial charge in [-0.2, -0.15) is 0 Å². The highest BCUT2D eigenvalue weighted by Crippen LogP contribution is 2.21. The second-order valence-corrected chi connectivity index (χ2v) is 4.26. The monoisotopic (exact) mass is 276 g/mol. The molecule has 2 heterocycles. The van der Waals surface area contributed by atoms with E-state index >= 15 is 0 Å². The van der Waals surface area contributed by atoms with Gasteiger partial charge in [-0.05, 0) is 18.2 Å².